The van der Waals surface area contributed by atoms with Gasteiger partial charge in [0, 0.05) is 23.4 Å². The number of nitro benzene ring substituents is 1. The normalized spacial score (nSPS) is 10.5. The van der Waals surface area contributed by atoms with Crippen molar-refractivity contribution in [2.45, 2.75) is 13.0 Å². The van der Waals surface area contributed by atoms with E-state index >= 15 is 0 Å². The molecule has 2 amide bonds. The Morgan fingerprint density at radius 2 is 1.82 bits per heavy atom. The maximum absolute atomic E-state index is 12.0. The Morgan fingerprint density at radius 1 is 1.03 bits per heavy atom. The van der Waals surface area contributed by atoms with Crippen LogP contribution in [0, 0.1) is 10.1 Å². The molecule has 0 heterocycles. The van der Waals surface area contributed by atoms with Gasteiger partial charge in [-0.15, -0.1) is 0 Å². The summed E-state index contributed by atoms with van der Waals surface area (Å²) in [5.41, 5.74) is 3.73. The zero-order valence-corrected chi connectivity index (χ0v) is 18.3. The van der Waals surface area contributed by atoms with Crippen molar-refractivity contribution in [2.24, 2.45) is 5.10 Å². The first-order valence-corrected chi connectivity index (χ1v) is 10.2. The van der Waals surface area contributed by atoms with Crippen LogP contribution in [0.25, 0.3) is 0 Å². The summed E-state index contributed by atoms with van der Waals surface area (Å²) in [4.78, 5) is 34.9. The van der Waals surface area contributed by atoms with Crippen LogP contribution in [0.1, 0.15) is 17.5 Å². The largest absolute Gasteiger partial charge is 0.497 e. The van der Waals surface area contributed by atoms with Gasteiger partial charge in [-0.1, -0.05) is 36.4 Å². The van der Waals surface area contributed by atoms with Gasteiger partial charge in [-0.05, 0) is 29.8 Å². The topological polar surface area (TPSA) is 132 Å². The van der Waals surface area contributed by atoms with Gasteiger partial charge in [-0.2, -0.15) is 5.10 Å². The van der Waals surface area contributed by atoms with Crippen LogP contribution in [0.2, 0.25) is 0 Å². The molecule has 10 nitrogen and oxygen atoms in total. The predicted molar refractivity (Wildman–Crippen MR) is 126 cm³/mol. The fraction of sp³-hybridized carbons (Fsp3) is 0.125. The van der Waals surface area contributed by atoms with E-state index in [1.807, 2.05) is 30.3 Å². The van der Waals surface area contributed by atoms with E-state index in [0.717, 1.165) is 5.56 Å². The second kappa shape index (κ2) is 11.8. The first-order valence-electron chi connectivity index (χ1n) is 10.2. The average Bonchev–Trinajstić information content (AvgIpc) is 2.83. The van der Waals surface area contributed by atoms with Crippen molar-refractivity contribution in [1.29, 1.82) is 0 Å². The molecule has 0 saturated heterocycles. The molecule has 174 valence electrons. The molecule has 0 bridgehead atoms. The molecule has 10 heteroatoms. The lowest BCUT2D eigenvalue weighted by Gasteiger charge is -2.07. The van der Waals surface area contributed by atoms with Crippen molar-refractivity contribution in [3.05, 3.63) is 94.0 Å². The number of amides is 2. The minimum Gasteiger partial charge on any atom is -0.497 e. The lowest BCUT2D eigenvalue weighted by atomic mass is 10.2. The molecular weight excluding hydrogens is 440 g/mol. The van der Waals surface area contributed by atoms with Gasteiger partial charge in [0.15, 0.2) is 5.75 Å². The number of carbonyl (C=O) groups excluding carboxylic acids is 2. The zero-order chi connectivity index (χ0) is 24.3. The highest BCUT2D eigenvalue weighted by atomic mass is 16.6. The third-order valence-electron chi connectivity index (χ3n) is 4.49. The summed E-state index contributed by atoms with van der Waals surface area (Å²) in [6.07, 6.45) is 0.785. The van der Waals surface area contributed by atoms with Gasteiger partial charge in [-0.3, -0.25) is 19.7 Å². The van der Waals surface area contributed by atoms with E-state index in [4.69, 9.17) is 9.47 Å². The van der Waals surface area contributed by atoms with Crippen molar-refractivity contribution >= 4 is 29.4 Å². The maximum atomic E-state index is 12.0. The highest BCUT2D eigenvalue weighted by molar-refractivity contribution is 6.03. The minimum absolute atomic E-state index is 0.115. The number of nitrogens with zero attached hydrogens (tertiary/aromatic N) is 2. The molecule has 0 aliphatic carbocycles. The summed E-state index contributed by atoms with van der Waals surface area (Å²) >= 11 is 0. The molecule has 34 heavy (non-hydrogen) atoms. The molecule has 0 atom stereocenters. The molecule has 0 aromatic heterocycles. The van der Waals surface area contributed by atoms with Crippen LogP contribution < -0.4 is 20.2 Å². The van der Waals surface area contributed by atoms with Crippen LogP contribution in [0.3, 0.4) is 0 Å². The number of anilines is 1. The molecule has 0 radical (unpaired) electrons. The number of benzene rings is 3. The van der Waals surface area contributed by atoms with Crippen LogP contribution in [0.4, 0.5) is 11.4 Å². The Morgan fingerprint density at radius 3 is 2.56 bits per heavy atom. The number of hydrazone groups is 1. The summed E-state index contributed by atoms with van der Waals surface area (Å²) in [7, 11) is 1.51. The number of hydrogen-bond acceptors (Lipinski definition) is 7. The maximum Gasteiger partial charge on any atom is 0.311 e. The monoisotopic (exact) mass is 462 g/mol. The molecule has 0 fully saturated rings. The van der Waals surface area contributed by atoms with Crippen LogP contribution in [0.15, 0.2) is 77.9 Å². The van der Waals surface area contributed by atoms with Gasteiger partial charge in [-0.25, -0.2) is 5.43 Å². The van der Waals surface area contributed by atoms with Crippen molar-refractivity contribution < 1.29 is 24.0 Å². The van der Waals surface area contributed by atoms with Crippen molar-refractivity contribution in [3.63, 3.8) is 0 Å². The summed E-state index contributed by atoms with van der Waals surface area (Å²) in [6, 6.07) is 20.3. The van der Waals surface area contributed by atoms with E-state index in [-0.39, 0.29) is 18.0 Å². The molecule has 0 saturated carbocycles. The van der Waals surface area contributed by atoms with E-state index in [2.05, 4.69) is 15.8 Å². The molecule has 0 aliphatic heterocycles. The molecule has 2 N–H and O–H groups in total. The Hall–Kier alpha value is -4.73. The highest BCUT2D eigenvalue weighted by Crippen LogP contribution is 2.28. The average molecular weight is 462 g/mol. The Labute approximate surface area is 195 Å². The zero-order valence-electron chi connectivity index (χ0n) is 18.3. The number of nitrogens with one attached hydrogen (secondary N) is 2. The number of methoxy groups -OCH3 is 1. The van der Waals surface area contributed by atoms with Gasteiger partial charge in [0.05, 0.1) is 18.2 Å². The molecule has 3 rings (SSSR count). The summed E-state index contributed by atoms with van der Waals surface area (Å²) in [5, 5.41) is 17.8. The van der Waals surface area contributed by atoms with Crippen LogP contribution in [-0.2, 0) is 16.2 Å². The fourth-order valence-corrected chi connectivity index (χ4v) is 2.88. The predicted octanol–water partition coefficient (Wildman–Crippen LogP) is 3.66. The summed E-state index contributed by atoms with van der Waals surface area (Å²) in [5.74, 6) is -0.493. The van der Waals surface area contributed by atoms with E-state index in [1.54, 1.807) is 30.3 Å². The molecule has 3 aromatic rings. The van der Waals surface area contributed by atoms with E-state index in [9.17, 15) is 19.7 Å². The van der Waals surface area contributed by atoms with E-state index in [1.165, 1.54) is 25.5 Å². The van der Waals surface area contributed by atoms with Gasteiger partial charge in [0.25, 0.3) is 0 Å². The lowest BCUT2D eigenvalue weighted by Crippen LogP contribution is -2.24. The molecule has 0 aliphatic rings. The second-order valence-electron chi connectivity index (χ2n) is 7.01. The minimum atomic E-state index is -0.644. The number of ether oxygens (including phenoxy) is 2. The SMILES string of the molecule is COc1cccc(NC(=O)CC(=O)NN=Cc2ccc(OCc3ccccc3)c([N+](=O)[O-])c2)c1. The Balaban J connectivity index is 1.54. The van der Waals surface area contributed by atoms with Crippen LogP contribution >= 0.6 is 0 Å². The quantitative estimate of drug-likeness (QED) is 0.205. The fourth-order valence-electron chi connectivity index (χ4n) is 2.88. The van der Waals surface area contributed by atoms with Gasteiger partial charge >= 0.3 is 5.69 Å². The summed E-state index contributed by atoms with van der Waals surface area (Å²) < 4.78 is 10.7. The van der Waals surface area contributed by atoms with E-state index < -0.39 is 23.2 Å². The van der Waals surface area contributed by atoms with Crippen molar-refractivity contribution in [2.75, 3.05) is 12.4 Å². The number of nitro groups is 1. The highest BCUT2D eigenvalue weighted by Gasteiger charge is 2.16. The van der Waals surface area contributed by atoms with Gasteiger partial charge in [0.1, 0.15) is 18.8 Å². The number of hydrogen-bond donors (Lipinski definition) is 2. The number of rotatable bonds is 10. The molecular formula is C24H22N4O6. The van der Waals surface area contributed by atoms with Crippen LogP contribution in [0.5, 0.6) is 11.5 Å². The number of carbonyl (C=O) groups is 2. The van der Waals surface area contributed by atoms with Gasteiger partial charge < -0.3 is 14.8 Å². The lowest BCUT2D eigenvalue weighted by molar-refractivity contribution is -0.385. The van der Waals surface area contributed by atoms with E-state index in [0.29, 0.717) is 17.0 Å². The first-order chi connectivity index (χ1) is 16.4. The second-order valence-corrected chi connectivity index (χ2v) is 7.01. The Bertz CT molecular complexity index is 1200. The third-order valence-corrected chi connectivity index (χ3v) is 4.49. The molecule has 3 aromatic carbocycles. The first kappa shape index (κ1) is 23.9. The van der Waals surface area contributed by atoms with Crippen molar-refractivity contribution in [1.82, 2.24) is 5.43 Å². The molecule has 0 unspecified atom stereocenters. The van der Waals surface area contributed by atoms with Gasteiger partial charge in [0.2, 0.25) is 11.8 Å². The third kappa shape index (κ3) is 7.16. The molecule has 0 spiro atoms. The van der Waals surface area contributed by atoms with Crippen LogP contribution in [-0.4, -0.2) is 30.1 Å². The smallest absolute Gasteiger partial charge is 0.311 e. The van der Waals surface area contributed by atoms with Crippen molar-refractivity contribution in [3.8, 4) is 11.5 Å². The Kier molecular flexibility index (Phi) is 8.28. The summed E-state index contributed by atoms with van der Waals surface area (Å²) in [6.45, 7) is 0.184. The standard InChI is InChI=1S/C24H22N4O6/c1-33-20-9-5-8-19(13-20)26-23(29)14-24(30)27-25-15-18-10-11-22(21(12-18)28(31)32)34-16-17-6-3-2-4-7-17/h2-13,15H,14,16H2,1H3,(H,26,29)(H,27,30).